The predicted molar refractivity (Wildman–Crippen MR) is 86.9 cm³/mol. The lowest BCUT2D eigenvalue weighted by Gasteiger charge is -2.28. The average Bonchev–Trinajstić information content (AvgIpc) is 2.39. The van der Waals surface area contributed by atoms with Crippen LogP contribution in [-0.4, -0.2) is 74.0 Å². The van der Waals surface area contributed by atoms with E-state index in [4.69, 9.17) is 0 Å². The van der Waals surface area contributed by atoms with E-state index in [1.807, 2.05) is 18.9 Å². The maximum absolute atomic E-state index is 12.2. The standard InChI is InChI=1S/C16H35N3O/c1-13(2)15(5)16(20)19(8)12-10-17(6)9-11-18(7)14(3)4/h13-15H,9-12H2,1-8H3/t15-/m0/s1. The van der Waals surface area contributed by atoms with Crippen LogP contribution in [0.15, 0.2) is 0 Å². The number of rotatable bonds is 9. The SMILES string of the molecule is CC(C)[C@H](C)C(=O)N(C)CCN(C)CCN(C)C(C)C. The summed E-state index contributed by atoms with van der Waals surface area (Å²) in [7, 11) is 6.19. The second-order valence-electron chi connectivity index (χ2n) is 6.67. The molecule has 0 radical (unpaired) electrons. The van der Waals surface area contributed by atoms with Crippen LogP contribution >= 0.6 is 0 Å². The molecule has 0 aliphatic carbocycles. The Balaban J connectivity index is 4.00. The molecule has 0 fully saturated rings. The minimum atomic E-state index is 0.109. The lowest BCUT2D eigenvalue weighted by molar-refractivity contribution is -0.135. The first kappa shape index (κ1) is 19.4. The van der Waals surface area contributed by atoms with Crippen molar-refractivity contribution in [2.24, 2.45) is 11.8 Å². The molecule has 0 aromatic rings. The fourth-order valence-corrected chi connectivity index (χ4v) is 1.76. The Morgan fingerprint density at radius 1 is 0.850 bits per heavy atom. The summed E-state index contributed by atoms with van der Waals surface area (Å²) in [6.07, 6.45) is 0. The van der Waals surface area contributed by atoms with Gasteiger partial charge in [0.2, 0.25) is 5.91 Å². The quantitative estimate of drug-likeness (QED) is 0.648. The molecule has 0 saturated heterocycles. The van der Waals surface area contributed by atoms with E-state index in [2.05, 4.69) is 51.6 Å². The summed E-state index contributed by atoms with van der Waals surface area (Å²) in [6.45, 7) is 14.5. The fourth-order valence-electron chi connectivity index (χ4n) is 1.76. The van der Waals surface area contributed by atoms with E-state index < -0.39 is 0 Å². The first-order valence-corrected chi connectivity index (χ1v) is 7.80. The second-order valence-corrected chi connectivity index (χ2v) is 6.67. The lowest BCUT2D eigenvalue weighted by atomic mass is 9.97. The van der Waals surface area contributed by atoms with Crippen LogP contribution in [0.3, 0.4) is 0 Å². The highest BCUT2D eigenvalue weighted by Crippen LogP contribution is 2.12. The van der Waals surface area contributed by atoms with Gasteiger partial charge in [-0.1, -0.05) is 20.8 Å². The van der Waals surface area contributed by atoms with Crippen molar-refractivity contribution in [3.05, 3.63) is 0 Å². The monoisotopic (exact) mass is 285 g/mol. The summed E-state index contributed by atoms with van der Waals surface area (Å²) in [5.74, 6) is 0.771. The minimum absolute atomic E-state index is 0.109. The highest BCUT2D eigenvalue weighted by Gasteiger charge is 2.20. The number of amides is 1. The smallest absolute Gasteiger partial charge is 0.225 e. The van der Waals surface area contributed by atoms with Crippen molar-refractivity contribution in [3.63, 3.8) is 0 Å². The van der Waals surface area contributed by atoms with Gasteiger partial charge in [0.1, 0.15) is 0 Å². The molecule has 0 aromatic carbocycles. The van der Waals surface area contributed by atoms with Crippen molar-refractivity contribution in [3.8, 4) is 0 Å². The van der Waals surface area contributed by atoms with E-state index in [1.165, 1.54) is 0 Å². The molecule has 0 aliphatic rings. The number of hydrogen-bond acceptors (Lipinski definition) is 3. The molecular formula is C16H35N3O. The Morgan fingerprint density at radius 3 is 1.80 bits per heavy atom. The highest BCUT2D eigenvalue weighted by atomic mass is 16.2. The molecule has 0 unspecified atom stereocenters. The molecule has 0 aromatic heterocycles. The molecule has 4 heteroatoms. The van der Waals surface area contributed by atoms with E-state index in [9.17, 15) is 4.79 Å². The molecule has 0 N–H and O–H groups in total. The predicted octanol–water partition coefficient (Wildman–Crippen LogP) is 2.01. The number of nitrogens with zero attached hydrogens (tertiary/aromatic N) is 3. The van der Waals surface area contributed by atoms with Gasteiger partial charge in [0.15, 0.2) is 0 Å². The van der Waals surface area contributed by atoms with Gasteiger partial charge in [0, 0.05) is 45.2 Å². The Morgan fingerprint density at radius 2 is 1.35 bits per heavy atom. The topological polar surface area (TPSA) is 26.8 Å². The fraction of sp³-hybridized carbons (Fsp3) is 0.938. The van der Waals surface area contributed by atoms with Crippen LogP contribution in [0.25, 0.3) is 0 Å². The molecule has 1 amide bonds. The van der Waals surface area contributed by atoms with Gasteiger partial charge >= 0.3 is 0 Å². The summed E-state index contributed by atoms with van der Waals surface area (Å²) >= 11 is 0. The van der Waals surface area contributed by atoms with Crippen molar-refractivity contribution in [2.75, 3.05) is 47.3 Å². The summed E-state index contributed by atoms with van der Waals surface area (Å²) in [4.78, 5) is 18.7. The molecule has 0 spiro atoms. The van der Waals surface area contributed by atoms with Gasteiger partial charge in [0.05, 0.1) is 0 Å². The van der Waals surface area contributed by atoms with Crippen molar-refractivity contribution in [1.82, 2.24) is 14.7 Å². The number of likely N-dealkylation sites (N-methyl/N-ethyl adjacent to an activating group) is 3. The van der Waals surface area contributed by atoms with Gasteiger partial charge in [-0.25, -0.2) is 0 Å². The van der Waals surface area contributed by atoms with Crippen molar-refractivity contribution >= 4 is 5.91 Å². The van der Waals surface area contributed by atoms with Gasteiger partial charge in [-0.15, -0.1) is 0 Å². The van der Waals surface area contributed by atoms with Gasteiger partial charge < -0.3 is 14.7 Å². The zero-order valence-electron chi connectivity index (χ0n) is 14.8. The molecule has 0 bridgehead atoms. The van der Waals surface area contributed by atoms with Gasteiger partial charge in [-0.2, -0.15) is 0 Å². The van der Waals surface area contributed by atoms with Crippen LogP contribution < -0.4 is 0 Å². The molecule has 0 rings (SSSR count). The van der Waals surface area contributed by atoms with E-state index in [-0.39, 0.29) is 11.8 Å². The largest absolute Gasteiger partial charge is 0.344 e. The number of carbonyl (C=O) groups excluding carboxylic acids is 1. The number of hydrogen-bond donors (Lipinski definition) is 0. The van der Waals surface area contributed by atoms with Gasteiger partial charge in [0.25, 0.3) is 0 Å². The Labute approximate surface area is 126 Å². The van der Waals surface area contributed by atoms with Crippen LogP contribution in [0, 0.1) is 11.8 Å². The molecule has 0 aliphatic heterocycles. The lowest BCUT2D eigenvalue weighted by Crippen LogP contribution is -2.41. The van der Waals surface area contributed by atoms with E-state index in [1.54, 1.807) is 0 Å². The molecule has 4 nitrogen and oxygen atoms in total. The summed E-state index contributed by atoms with van der Waals surface area (Å²) < 4.78 is 0. The van der Waals surface area contributed by atoms with E-state index >= 15 is 0 Å². The third kappa shape index (κ3) is 7.25. The van der Waals surface area contributed by atoms with Crippen LogP contribution in [0.2, 0.25) is 0 Å². The average molecular weight is 285 g/mol. The Bertz CT molecular complexity index is 279. The Hall–Kier alpha value is -0.610. The zero-order chi connectivity index (χ0) is 15.9. The molecule has 0 heterocycles. The van der Waals surface area contributed by atoms with E-state index in [0.29, 0.717) is 12.0 Å². The maximum Gasteiger partial charge on any atom is 0.225 e. The maximum atomic E-state index is 12.2. The summed E-state index contributed by atoms with van der Waals surface area (Å²) in [5.41, 5.74) is 0. The molecular weight excluding hydrogens is 250 g/mol. The van der Waals surface area contributed by atoms with Crippen LogP contribution in [-0.2, 0) is 4.79 Å². The van der Waals surface area contributed by atoms with Crippen molar-refractivity contribution in [1.29, 1.82) is 0 Å². The van der Waals surface area contributed by atoms with Crippen LogP contribution in [0.5, 0.6) is 0 Å². The molecule has 120 valence electrons. The highest BCUT2D eigenvalue weighted by molar-refractivity contribution is 5.78. The van der Waals surface area contributed by atoms with Crippen molar-refractivity contribution in [2.45, 2.75) is 40.7 Å². The Kier molecular flexibility index (Phi) is 9.06. The first-order valence-electron chi connectivity index (χ1n) is 7.80. The third-order valence-electron chi connectivity index (χ3n) is 4.30. The van der Waals surface area contributed by atoms with Crippen LogP contribution in [0.1, 0.15) is 34.6 Å². The molecule has 1 atom stereocenters. The number of carbonyl (C=O) groups is 1. The second kappa shape index (κ2) is 9.35. The molecule has 20 heavy (non-hydrogen) atoms. The minimum Gasteiger partial charge on any atom is -0.344 e. The van der Waals surface area contributed by atoms with Gasteiger partial charge in [-0.05, 0) is 33.9 Å². The third-order valence-corrected chi connectivity index (χ3v) is 4.30. The normalized spacial score (nSPS) is 13.6. The zero-order valence-corrected chi connectivity index (χ0v) is 14.8. The van der Waals surface area contributed by atoms with E-state index in [0.717, 1.165) is 26.2 Å². The summed E-state index contributed by atoms with van der Waals surface area (Å²) in [6, 6.07) is 0.583. The van der Waals surface area contributed by atoms with Crippen molar-refractivity contribution < 1.29 is 4.79 Å². The molecule has 0 saturated carbocycles. The van der Waals surface area contributed by atoms with Gasteiger partial charge in [-0.3, -0.25) is 4.79 Å². The van der Waals surface area contributed by atoms with Crippen LogP contribution in [0.4, 0.5) is 0 Å². The first-order chi connectivity index (χ1) is 9.16. The summed E-state index contributed by atoms with van der Waals surface area (Å²) in [5, 5.41) is 0.